The predicted molar refractivity (Wildman–Crippen MR) is 121 cm³/mol. The molecule has 0 saturated carbocycles. The topological polar surface area (TPSA) is 208 Å². The number of carboxylic acids is 2. The van der Waals surface area contributed by atoms with Crippen LogP contribution in [-0.2, 0) is 30.4 Å². The van der Waals surface area contributed by atoms with Crippen molar-refractivity contribution in [1.29, 1.82) is 0 Å². The van der Waals surface area contributed by atoms with Gasteiger partial charge in [-0.15, -0.1) is 0 Å². The maximum atomic E-state index is 13.0. The van der Waals surface area contributed by atoms with E-state index < -0.39 is 60.2 Å². The number of phenols is 1. The van der Waals surface area contributed by atoms with Gasteiger partial charge in [0.05, 0.1) is 12.5 Å². The average Bonchev–Trinajstić information content (AvgIpc) is 2.72. The lowest BCUT2D eigenvalue weighted by atomic mass is 10.0. The van der Waals surface area contributed by atoms with E-state index in [2.05, 4.69) is 16.0 Å². The zero-order valence-corrected chi connectivity index (χ0v) is 19.3. The molecule has 0 aliphatic rings. The first-order chi connectivity index (χ1) is 15.8. The fourth-order valence-corrected chi connectivity index (χ4v) is 3.00. The predicted octanol–water partition coefficient (Wildman–Crippen LogP) is -0.658. The molecular weight excluding hydrogens is 448 g/mol. The number of hydrogen-bond donors (Lipinski definition) is 7. The third-order valence-corrected chi connectivity index (χ3v) is 4.76. The Hall–Kier alpha value is -3.67. The first-order valence-corrected chi connectivity index (χ1v) is 10.7. The molecule has 1 rings (SSSR count). The van der Waals surface area contributed by atoms with Crippen LogP contribution in [0.2, 0.25) is 0 Å². The number of aliphatic carboxylic acids is 2. The minimum atomic E-state index is -1.71. The smallest absolute Gasteiger partial charge is 0.326 e. The SMILES string of the molecule is CC(C)CC(NC(=O)C(C)N)C(=O)NC(Cc1ccc(O)cc1)C(=O)NC(CC(=O)O)C(=O)O. The molecule has 34 heavy (non-hydrogen) atoms. The van der Waals surface area contributed by atoms with E-state index in [9.17, 15) is 34.2 Å². The number of phenolic OH excluding ortho intramolecular Hbond substituents is 1. The molecule has 0 spiro atoms. The standard InChI is InChI=1S/C22H32N4O8/c1-11(2)8-15(24-19(30)12(3)23)20(31)25-16(9-13-4-6-14(27)7-5-13)21(32)26-17(22(33)34)10-18(28)29/h4-7,11-12,15-17,27H,8-10,23H2,1-3H3,(H,24,30)(H,25,31)(H,26,32)(H,28,29)(H,33,34). The molecule has 0 heterocycles. The summed E-state index contributed by atoms with van der Waals surface area (Å²) in [6.07, 6.45) is -0.705. The molecule has 0 radical (unpaired) electrons. The summed E-state index contributed by atoms with van der Waals surface area (Å²) < 4.78 is 0. The van der Waals surface area contributed by atoms with Crippen LogP contribution in [0.4, 0.5) is 0 Å². The average molecular weight is 481 g/mol. The summed E-state index contributed by atoms with van der Waals surface area (Å²) in [5, 5.41) is 34.8. The molecule has 0 fully saturated rings. The molecule has 1 aromatic carbocycles. The van der Waals surface area contributed by atoms with Gasteiger partial charge in [-0.1, -0.05) is 26.0 Å². The number of rotatable bonds is 13. The summed E-state index contributed by atoms with van der Waals surface area (Å²) >= 11 is 0. The van der Waals surface area contributed by atoms with Gasteiger partial charge in [0.25, 0.3) is 0 Å². The van der Waals surface area contributed by atoms with Crippen LogP contribution in [0.1, 0.15) is 39.2 Å². The second kappa shape index (κ2) is 13.1. The lowest BCUT2D eigenvalue weighted by Crippen LogP contribution is -2.57. The van der Waals surface area contributed by atoms with Gasteiger partial charge in [0.2, 0.25) is 17.7 Å². The summed E-state index contributed by atoms with van der Waals surface area (Å²) in [5.74, 6) is -5.16. The first kappa shape index (κ1) is 28.4. The van der Waals surface area contributed by atoms with Crippen molar-refractivity contribution in [3.05, 3.63) is 29.8 Å². The lowest BCUT2D eigenvalue weighted by Gasteiger charge is -2.25. The number of aromatic hydroxyl groups is 1. The molecule has 4 atom stereocenters. The summed E-state index contributed by atoms with van der Waals surface area (Å²) in [4.78, 5) is 60.3. The highest BCUT2D eigenvalue weighted by molar-refractivity contribution is 5.94. The van der Waals surface area contributed by atoms with Crippen molar-refractivity contribution >= 4 is 29.7 Å². The van der Waals surface area contributed by atoms with Crippen molar-refractivity contribution in [2.75, 3.05) is 0 Å². The Bertz CT molecular complexity index is 885. The number of carbonyl (C=O) groups is 5. The largest absolute Gasteiger partial charge is 0.508 e. The minimum absolute atomic E-state index is 0.000429. The zero-order chi connectivity index (χ0) is 26.0. The Morgan fingerprint density at radius 2 is 1.32 bits per heavy atom. The minimum Gasteiger partial charge on any atom is -0.508 e. The molecular formula is C22H32N4O8. The van der Waals surface area contributed by atoms with E-state index in [1.165, 1.54) is 31.2 Å². The Labute approximate surface area is 196 Å². The molecule has 0 aliphatic carbocycles. The molecule has 1 aromatic rings. The highest BCUT2D eigenvalue weighted by Crippen LogP contribution is 2.13. The highest BCUT2D eigenvalue weighted by Gasteiger charge is 2.31. The fourth-order valence-electron chi connectivity index (χ4n) is 3.00. The Balaban J connectivity index is 3.16. The van der Waals surface area contributed by atoms with E-state index >= 15 is 0 Å². The number of amides is 3. The van der Waals surface area contributed by atoms with E-state index in [0.29, 0.717) is 5.56 Å². The normalized spacial score (nSPS) is 14.4. The highest BCUT2D eigenvalue weighted by atomic mass is 16.4. The van der Waals surface area contributed by atoms with Gasteiger partial charge < -0.3 is 37.0 Å². The molecule has 12 heteroatoms. The lowest BCUT2D eigenvalue weighted by molar-refractivity contribution is -0.147. The van der Waals surface area contributed by atoms with Crippen molar-refractivity contribution in [2.24, 2.45) is 11.7 Å². The molecule has 12 nitrogen and oxygen atoms in total. The number of hydrogen-bond acceptors (Lipinski definition) is 7. The van der Waals surface area contributed by atoms with Crippen LogP contribution in [-0.4, -0.2) is 69.1 Å². The number of carbonyl (C=O) groups excluding carboxylic acids is 3. The molecule has 3 amide bonds. The first-order valence-electron chi connectivity index (χ1n) is 10.7. The van der Waals surface area contributed by atoms with Gasteiger partial charge in [0.1, 0.15) is 23.9 Å². The summed E-state index contributed by atoms with van der Waals surface area (Å²) in [5.41, 5.74) is 6.10. The number of nitrogens with two attached hydrogens (primary N) is 1. The number of nitrogens with one attached hydrogen (secondary N) is 3. The molecule has 8 N–H and O–H groups in total. The molecule has 188 valence electrons. The van der Waals surface area contributed by atoms with Gasteiger partial charge in [0.15, 0.2) is 0 Å². The van der Waals surface area contributed by atoms with Gasteiger partial charge in [-0.3, -0.25) is 19.2 Å². The molecule has 0 aromatic heterocycles. The van der Waals surface area contributed by atoms with Crippen LogP contribution < -0.4 is 21.7 Å². The van der Waals surface area contributed by atoms with E-state index in [0.717, 1.165) is 0 Å². The second-order valence-corrected chi connectivity index (χ2v) is 8.41. The van der Waals surface area contributed by atoms with Gasteiger partial charge in [-0.05, 0) is 37.0 Å². The van der Waals surface area contributed by atoms with E-state index in [-0.39, 0.29) is 24.5 Å². The van der Waals surface area contributed by atoms with Crippen LogP contribution in [0.25, 0.3) is 0 Å². The number of carboxylic acid groups (broad SMARTS) is 2. The van der Waals surface area contributed by atoms with Gasteiger partial charge in [-0.25, -0.2) is 4.79 Å². The van der Waals surface area contributed by atoms with Gasteiger partial charge in [0, 0.05) is 6.42 Å². The van der Waals surface area contributed by atoms with Crippen molar-refractivity contribution in [3.8, 4) is 5.75 Å². The third-order valence-electron chi connectivity index (χ3n) is 4.76. The maximum absolute atomic E-state index is 13.0. The summed E-state index contributed by atoms with van der Waals surface area (Å²) in [6.45, 7) is 5.12. The molecule has 0 saturated heterocycles. The molecule has 0 aliphatic heterocycles. The second-order valence-electron chi connectivity index (χ2n) is 8.41. The van der Waals surface area contributed by atoms with Gasteiger partial charge in [-0.2, -0.15) is 0 Å². The van der Waals surface area contributed by atoms with Crippen molar-refractivity contribution in [1.82, 2.24) is 16.0 Å². The Morgan fingerprint density at radius 3 is 1.79 bits per heavy atom. The monoisotopic (exact) mass is 480 g/mol. The van der Waals surface area contributed by atoms with Crippen LogP contribution in [0.15, 0.2) is 24.3 Å². The van der Waals surface area contributed by atoms with Gasteiger partial charge >= 0.3 is 11.9 Å². The summed E-state index contributed by atoms with van der Waals surface area (Å²) in [6, 6.07) is 0.882. The van der Waals surface area contributed by atoms with E-state index in [4.69, 9.17) is 10.8 Å². The van der Waals surface area contributed by atoms with Crippen molar-refractivity contribution < 1.29 is 39.3 Å². The van der Waals surface area contributed by atoms with Crippen LogP contribution in [0.5, 0.6) is 5.75 Å². The maximum Gasteiger partial charge on any atom is 0.326 e. The van der Waals surface area contributed by atoms with E-state index in [1.54, 1.807) is 0 Å². The van der Waals surface area contributed by atoms with E-state index in [1.807, 2.05) is 13.8 Å². The third kappa shape index (κ3) is 9.86. The Morgan fingerprint density at radius 1 is 0.824 bits per heavy atom. The fraction of sp³-hybridized carbons (Fsp3) is 0.500. The zero-order valence-electron chi connectivity index (χ0n) is 19.3. The quantitative estimate of drug-likeness (QED) is 0.191. The number of benzene rings is 1. The summed E-state index contributed by atoms with van der Waals surface area (Å²) in [7, 11) is 0. The van der Waals surface area contributed by atoms with Crippen LogP contribution in [0.3, 0.4) is 0 Å². The van der Waals surface area contributed by atoms with Crippen LogP contribution >= 0.6 is 0 Å². The Kier molecular flexibility index (Phi) is 11.0. The van der Waals surface area contributed by atoms with Crippen molar-refractivity contribution in [2.45, 2.75) is 64.2 Å². The molecule has 0 bridgehead atoms. The van der Waals surface area contributed by atoms with Crippen LogP contribution in [0, 0.1) is 5.92 Å². The molecule has 4 unspecified atom stereocenters. The van der Waals surface area contributed by atoms with Crippen molar-refractivity contribution in [3.63, 3.8) is 0 Å².